The first-order valence-electron chi connectivity index (χ1n) is 10.3. The van der Waals surface area contributed by atoms with Gasteiger partial charge in [-0.3, -0.25) is 4.90 Å². The highest BCUT2D eigenvalue weighted by Gasteiger charge is 2.48. The van der Waals surface area contributed by atoms with E-state index in [-0.39, 0.29) is 11.5 Å². The van der Waals surface area contributed by atoms with Crippen molar-refractivity contribution >= 4 is 19.7 Å². The Morgan fingerprint density at radius 2 is 1.68 bits per heavy atom. The average Bonchev–Trinajstić information content (AvgIpc) is 3.04. The lowest BCUT2D eigenvalue weighted by atomic mass is 9.92. The second kappa shape index (κ2) is 7.70. The summed E-state index contributed by atoms with van der Waals surface area (Å²) in [7, 11) is -7.05. The summed E-state index contributed by atoms with van der Waals surface area (Å²) in [6.07, 6.45) is 4.13. The van der Waals surface area contributed by atoms with Gasteiger partial charge in [-0.25, -0.2) is 16.8 Å². The minimum atomic E-state index is -3.70. The van der Waals surface area contributed by atoms with Crippen LogP contribution < -0.4 is 0 Å². The van der Waals surface area contributed by atoms with E-state index in [9.17, 15) is 16.8 Å². The molecule has 4 rings (SSSR count). The topological polar surface area (TPSA) is 74.8 Å². The Bertz CT molecular complexity index is 935. The van der Waals surface area contributed by atoms with Crippen molar-refractivity contribution in [1.29, 1.82) is 0 Å². The van der Waals surface area contributed by atoms with Gasteiger partial charge in [0.25, 0.3) is 0 Å². The maximum absolute atomic E-state index is 13.5. The van der Waals surface area contributed by atoms with Crippen molar-refractivity contribution in [2.45, 2.75) is 48.8 Å². The molecule has 28 heavy (non-hydrogen) atoms. The van der Waals surface area contributed by atoms with Gasteiger partial charge in [0.2, 0.25) is 0 Å². The standard InChI is InChI=1S/C20H30N2O4S2/c1-2-21-9-11-22(12-10-21)19-14-27(23,24)15-20(19)28(25,26)18-8-7-16-5-3-4-6-17(16)13-18/h7-8,13,19-20H,2-6,9-12,14-15H2,1H3/t19-,20-/m0/s1. The van der Waals surface area contributed by atoms with Crippen molar-refractivity contribution in [1.82, 2.24) is 9.80 Å². The third-order valence-electron chi connectivity index (χ3n) is 6.64. The monoisotopic (exact) mass is 426 g/mol. The zero-order valence-corrected chi connectivity index (χ0v) is 18.1. The molecule has 1 aromatic carbocycles. The third kappa shape index (κ3) is 3.88. The summed E-state index contributed by atoms with van der Waals surface area (Å²) in [5, 5.41) is -0.868. The van der Waals surface area contributed by atoms with Gasteiger partial charge in [-0.2, -0.15) is 0 Å². The van der Waals surface area contributed by atoms with Crippen molar-refractivity contribution in [3.8, 4) is 0 Å². The molecule has 0 aromatic heterocycles. The van der Waals surface area contributed by atoms with Crippen LogP contribution in [0, 0.1) is 0 Å². The summed E-state index contributed by atoms with van der Waals surface area (Å²) < 4.78 is 51.8. The molecule has 156 valence electrons. The first kappa shape index (κ1) is 20.3. The molecule has 2 heterocycles. The van der Waals surface area contributed by atoms with Crippen LogP contribution in [0.15, 0.2) is 23.1 Å². The summed E-state index contributed by atoms with van der Waals surface area (Å²) in [6, 6.07) is 4.99. The van der Waals surface area contributed by atoms with E-state index >= 15 is 0 Å². The van der Waals surface area contributed by atoms with Crippen LogP contribution >= 0.6 is 0 Å². The highest BCUT2D eigenvalue weighted by molar-refractivity contribution is 7.96. The summed E-state index contributed by atoms with van der Waals surface area (Å²) >= 11 is 0. The van der Waals surface area contributed by atoms with Gasteiger partial charge in [0.15, 0.2) is 19.7 Å². The summed E-state index contributed by atoms with van der Waals surface area (Å²) in [6.45, 7) is 6.25. The van der Waals surface area contributed by atoms with Crippen molar-refractivity contribution in [3.05, 3.63) is 29.3 Å². The number of fused-ring (bicyclic) bond motifs is 1. The first-order valence-corrected chi connectivity index (χ1v) is 13.7. The van der Waals surface area contributed by atoms with Crippen molar-refractivity contribution in [2.75, 3.05) is 44.2 Å². The van der Waals surface area contributed by atoms with Crippen LogP contribution in [-0.2, 0) is 32.5 Å². The Hall–Kier alpha value is -0.960. The van der Waals surface area contributed by atoms with Crippen molar-refractivity contribution in [2.24, 2.45) is 0 Å². The molecule has 2 aliphatic heterocycles. The Morgan fingerprint density at radius 3 is 2.36 bits per heavy atom. The molecule has 1 aromatic rings. The molecule has 0 radical (unpaired) electrons. The van der Waals surface area contributed by atoms with E-state index in [1.54, 1.807) is 12.1 Å². The van der Waals surface area contributed by atoms with Crippen LogP contribution in [0.25, 0.3) is 0 Å². The number of nitrogens with zero attached hydrogens (tertiary/aromatic N) is 2. The minimum absolute atomic E-state index is 0.0477. The number of piperazine rings is 1. The number of hydrogen-bond acceptors (Lipinski definition) is 6. The minimum Gasteiger partial charge on any atom is -0.301 e. The maximum atomic E-state index is 13.5. The van der Waals surface area contributed by atoms with Gasteiger partial charge in [0.05, 0.1) is 21.7 Å². The largest absolute Gasteiger partial charge is 0.301 e. The molecule has 2 fully saturated rings. The molecular weight excluding hydrogens is 396 g/mol. The second-order valence-corrected chi connectivity index (χ2v) is 12.7. The lowest BCUT2D eigenvalue weighted by Gasteiger charge is -2.39. The molecule has 0 spiro atoms. The lowest BCUT2D eigenvalue weighted by molar-refractivity contribution is 0.109. The number of benzene rings is 1. The lowest BCUT2D eigenvalue weighted by Crippen LogP contribution is -2.54. The Morgan fingerprint density at radius 1 is 1.00 bits per heavy atom. The molecule has 8 heteroatoms. The van der Waals surface area contributed by atoms with Crippen LogP contribution in [0.4, 0.5) is 0 Å². The van der Waals surface area contributed by atoms with Gasteiger partial charge in [0, 0.05) is 32.2 Å². The zero-order valence-electron chi connectivity index (χ0n) is 16.5. The number of sulfone groups is 2. The third-order valence-corrected chi connectivity index (χ3v) is 10.8. The highest BCUT2D eigenvalue weighted by Crippen LogP contribution is 2.32. The van der Waals surface area contributed by atoms with Gasteiger partial charge in [-0.1, -0.05) is 13.0 Å². The van der Waals surface area contributed by atoms with Crippen LogP contribution in [0.1, 0.15) is 30.9 Å². The normalized spacial score (nSPS) is 28.9. The van der Waals surface area contributed by atoms with Crippen LogP contribution in [-0.4, -0.2) is 82.2 Å². The van der Waals surface area contributed by atoms with Gasteiger partial charge >= 0.3 is 0 Å². The van der Waals surface area contributed by atoms with E-state index in [4.69, 9.17) is 0 Å². The molecule has 1 aliphatic carbocycles. The summed E-state index contributed by atoms with van der Waals surface area (Å²) in [5.74, 6) is -0.307. The van der Waals surface area contributed by atoms with E-state index in [0.717, 1.165) is 64.0 Å². The van der Waals surface area contributed by atoms with Crippen LogP contribution in [0.3, 0.4) is 0 Å². The molecule has 0 bridgehead atoms. The summed E-state index contributed by atoms with van der Waals surface area (Å²) in [5.41, 5.74) is 2.35. The van der Waals surface area contributed by atoms with Crippen LogP contribution in [0.2, 0.25) is 0 Å². The van der Waals surface area contributed by atoms with E-state index in [2.05, 4.69) is 16.7 Å². The Kier molecular flexibility index (Phi) is 5.59. The molecule has 0 N–H and O–H groups in total. The SMILES string of the molecule is CCN1CCN([C@H]2CS(=O)(=O)C[C@@H]2S(=O)(=O)c2ccc3c(c2)CCCC3)CC1. The smallest absolute Gasteiger partial charge is 0.183 e. The molecular formula is C20H30N2O4S2. The van der Waals surface area contributed by atoms with Gasteiger partial charge in [0.1, 0.15) is 0 Å². The second-order valence-electron chi connectivity index (χ2n) is 8.34. The van der Waals surface area contributed by atoms with Gasteiger partial charge < -0.3 is 4.90 Å². The zero-order chi connectivity index (χ0) is 19.9. The predicted octanol–water partition coefficient (Wildman–Crippen LogP) is 1.14. The fourth-order valence-electron chi connectivity index (χ4n) is 4.91. The number of aryl methyl sites for hydroxylation is 2. The fourth-order valence-corrected chi connectivity index (χ4v) is 9.79. The van der Waals surface area contributed by atoms with Crippen LogP contribution in [0.5, 0.6) is 0 Å². The fraction of sp³-hybridized carbons (Fsp3) is 0.700. The molecule has 3 aliphatic rings. The van der Waals surface area contributed by atoms with E-state index in [1.165, 1.54) is 5.56 Å². The molecule has 2 atom stereocenters. The molecule has 6 nitrogen and oxygen atoms in total. The molecule has 2 saturated heterocycles. The first-order chi connectivity index (χ1) is 13.3. The Labute approximate surface area is 168 Å². The maximum Gasteiger partial charge on any atom is 0.183 e. The van der Waals surface area contributed by atoms with E-state index < -0.39 is 31.0 Å². The van der Waals surface area contributed by atoms with Gasteiger partial charge in [-0.15, -0.1) is 0 Å². The number of likely N-dealkylation sites (N-methyl/N-ethyl adjacent to an activating group) is 1. The Balaban J connectivity index is 1.63. The number of hydrogen-bond donors (Lipinski definition) is 0. The molecule has 0 saturated carbocycles. The average molecular weight is 427 g/mol. The van der Waals surface area contributed by atoms with Crippen molar-refractivity contribution in [3.63, 3.8) is 0 Å². The van der Waals surface area contributed by atoms with E-state index in [1.807, 2.05) is 6.07 Å². The highest BCUT2D eigenvalue weighted by atomic mass is 32.2. The molecule has 0 unspecified atom stereocenters. The molecule has 0 amide bonds. The van der Waals surface area contributed by atoms with Gasteiger partial charge in [-0.05, 0) is 55.5 Å². The summed E-state index contributed by atoms with van der Waals surface area (Å²) in [4.78, 5) is 4.71. The van der Waals surface area contributed by atoms with Crippen molar-refractivity contribution < 1.29 is 16.8 Å². The quantitative estimate of drug-likeness (QED) is 0.719. The predicted molar refractivity (Wildman–Crippen MR) is 110 cm³/mol. The number of rotatable bonds is 4. The van der Waals surface area contributed by atoms with E-state index in [0.29, 0.717) is 4.90 Å².